The van der Waals surface area contributed by atoms with Crippen molar-refractivity contribution in [3.63, 3.8) is 0 Å². The summed E-state index contributed by atoms with van der Waals surface area (Å²) < 4.78 is 39.9. The van der Waals surface area contributed by atoms with Crippen LogP contribution in [0.25, 0.3) is 11.3 Å². The van der Waals surface area contributed by atoms with Gasteiger partial charge in [-0.15, -0.1) is 5.54 Å². The maximum Gasteiger partial charge on any atom is 0.418 e. The first-order valence-electron chi connectivity index (χ1n) is 6.83. The van der Waals surface area contributed by atoms with Gasteiger partial charge in [0.2, 0.25) is 0 Å². The molecular formula is C17H16F3NSi. The maximum atomic E-state index is 13.3. The topological polar surface area (TPSA) is 12.9 Å². The lowest BCUT2D eigenvalue weighted by atomic mass is 10.0. The first-order valence-corrected chi connectivity index (χ1v) is 10.3. The highest BCUT2D eigenvalue weighted by Gasteiger charge is 2.34. The molecule has 114 valence electrons. The summed E-state index contributed by atoms with van der Waals surface area (Å²) in [6.45, 7) is 6.11. The van der Waals surface area contributed by atoms with Gasteiger partial charge in [0.15, 0.2) is 0 Å². The molecule has 1 nitrogen and oxygen atoms in total. The molecule has 1 heterocycles. The molecule has 1 aromatic heterocycles. The molecule has 0 saturated carbocycles. The minimum absolute atomic E-state index is 0.0633. The third-order valence-electron chi connectivity index (χ3n) is 2.82. The Hall–Kier alpha value is -2.06. The molecular weight excluding hydrogens is 303 g/mol. The second-order valence-electron chi connectivity index (χ2n) is 5.98. The second kappa shape index (κ2) is 5.97. The Balaban J connectivity index is 2.55. The molecule has 0 radical (unpaired) electrons. The van der Waals surface area contributed by atoms with Crippen molar-refractivity contribution in [3.8, 4) is 22.7 Å². The van der Waals surface area contributed by atoms with Gasteiger partial charge in [-0.3, -0.25) is 4.98 Å². The van der Waals surface area contributed by atoms with Crippen LogP contribution >= 0.6 is 0 Å². The number of nitrogens with zero attached hydrogens (tertiary/aromatic N) is 1. The average Bonchev–Trinajstić information content (AvgIpc) is 2.44. The normalized spacial score (nSPS) is 11.7. The molecule has 0 bridgehead atoms. The van der Waals surface area contributed by atoms with Gasteiger partial charge in [0, 0.05) is 17.3 Å². The summed E-state index contributed by atoms with van der Waals surface area (Å²) in [6.07, 6.45) is -3.06. The Bertz CT molecular complexity index is 720. The van der Waals surface area contributed by atoms with Gasteiger partial charge in [-0.25, -0.2) is 0 Å². The molecule has 1 aromatic carbocycles. The molecule has 0 aliphatic heterocycles. The van der Waals surface area contributed by atoms with Crippen molar-refractivity contribution in [3.05, 3.63) is 53.7 Å². The van der Waals surface area contributed by atoms with E-state index in [-0.39, 0.29) is 5.69 Å². The lowest BCUT2D eigenvalue weighted by Gasteiger charge is -2.12. The third kappa shape index (κ3) is 4.22. The van der Waals surface area contributed by atoms with E-state index in [0.29, 0.717) is 11.1 Å². The average molecular weight is 319 g/mol. The molecule has 0 N–H and O–H groups in total. The molecule has 0 amide bonds. The number of pyridine rings is 1. The van der Waals surface area contributed by atoms with E-state index in [4.69, 9.17) is 0 Å². The minimum Gasteiger partial charge on any atom is -0.254 e. The molecule has 0 saturated heterocycles. The molecule has 0 aliphatic rings. The maximum absolute atomic E-state index is 13.3. The van der Waals surface area contributed by atoms with Crippen LogP contribution in [0.3, 0.4) is 0 Å². The van der Waals surface area contributed by atoms with Crippen molar-refractivity contribution < 1.29 is 13.2 Å². The van der Waals surface area contributed by atoms with Crippen molar-refractivity contribution in [2.45, 2.75) is 25.8 Å². The lowest BCUT2D eigenvalue weighted by molar-refractivity contribution is -0.137. The summed E-state index contributed by atoms with van der Waals surface area (Å²) in [6, 6.07) is 9.45. The quantitative estimate of drug-likeness (QED) is 0.532. The Morgan fingerprint density at radius 2 is 1.68 bits per heavy atom. The Kier molecular flexibility index (Phi) is 4.43. The van der Waals surface area contributed by atoms with Crippen LogP contribution in [-0.2, 0) is 6.18 Å². The van der Waals surface area contributed by atoms with Crippen LogP contribution in [0.5, 0.6) is 0 Å². The zero-order valence-electron chi connectivity index (χ0n) is 12.6. The van der Waals surface area contributed by atoms with Crippen LogP contribution in [0.1, 0.15) is 11.1 Å². The fourth-order valence-electron chi connectivity index (χ4n) is 1.83. The molecule has 0 aliphatic carbocycles. The summed E-state index contributed by atoms with van der Waals surface area (Å²) in [5, 5.41) is 0. The summed E-state index contributed by atoms with van der Waals surface area (Å²) in [5.74, 6) is 2.82. The zero-order chi connectivity index (χ0) is 16.4. The van der Waals surface area contributed by atoms with Crippen LogP contribution in [0.15, 0.2) is 42.6 Å². The molecule has 22 heavy (non-hydrogen) atoms. The van der Waals surface area contributed by atoms with Gasteiger partial charge >= 0.3 is 6.18 Å². The molecule has 2 aromatic rings. The number of halogens is 3. The number of aromatic nitrogens is 1. The van der Waals surface area contributed by atoms with E-state index in [1.54, 1.807) is 30.3 Å². The van der Waals surface area contributed by atoms with Crippen LogP contribution in [-0.4, -0.2) is 13.1 Å². The Morgan fingerprint density at radius 1 is 1.05 bits per heavy atom. The number of hydrogen-bond donors (Lipinski definition) is 0. The van der Waals surface area contributed by atoms with Gasteiger partial charge in [-0.1, -0.05) is 55.9 Å². The number of hydrogen-bond acceptors (Lipinski definition) is 1. The number of alkyl halides is 3. The van der Waals surface area contributed by atoms with Gasteiger partial charge in [0.25, 0.3) is 0 Å². The molecule has 5 heteroatoms. The van der Waals surface area contributed by atoms with Gasteiger partial charge in [0.1, 0.15) is 8.07 Å². The third-order valence-corrected chi connectivity index (χ3v) is 3.70. The monoisotopic (exact) mass is 319 g/mol. The summed E-state index contributed by atoms with van der Waals surface area (Å²) in [5.41, 5.74) is 2.99. The van der Waals surface area contributed by atoms with Crippen LogP contribution in [0, 0.1) is 11.5 Å². The van der Waals surface area contributed by atoms with E-state index in [9.17, 15) is 13.2 Å². The lowest BCUT2D eigenvalue weighted by Crippen LogP contribution is -2.16. The van der Waals surface area contributed by atoms with Crippen molar-refractivity contribution in [1.29, 1.82) is 0 Å². The fourth-order valence-corrected chi connectivity index (χ4v) is 2.35. The molecule has 0 spiro atoms. The van der Waals surface area contributed by atoms with E-state index in [1.165, 1.54) is 6.20 Å². The largest absolute Gasteiger partial charge is 0.418 e. The summed E-state index contributed by atoms with van der Waals surface area (Å²) in [7, 11) is -1.65. The highest BCUT2D eigenvalue weighted by molar-refractivity contribution is 6.83. The smallest absolute Gasteiger partial charge is 0.254 e. The van der Waals surface area contributed by atoms with Gasteiger partial charge in [0.05, 0.1) is 11.3 Å². The second-order valence-corrected chi connectivity index (χ2v) is 10.7. The van der Waals surface area contributed by atoms with Crippen molar-refractivity contribution >= 4 is 8.07 Å². The first kappa shape index (κ1) is 16.3. The van der Waals surface area contributed by atoms with E-state index < -0.39 is 19.8 Å². The number of rotatable bonds is 1. The van der Waals surface area contributed by atoms with Crippen LogP contribution in [0.4, 0.5) is 13.2 Å². The fraction of sp³-hybridized carbons (Fsp3) is 0.235. The standard InChI is InChI=1S/C17H16F3NSi/c1-22(2,3)10-9-13-11-15(17(18,19)20)16(21-12-13)14-7-5-4-6-8-14/h4-8,11-12H,1-3H3. The van der Waals surface area contributed by atoms with E-state index >= 15 is 0 Å². The van der Waals surface area contributed by atoms with E-state index in [1.807, 2.05) is 19.6 Å². The van der Waals surface area contributed by atoms with Gasteiger partial charge < -0.3 is 0 Å². The van der Waals surface area contributed by atoms with Crippen molar-refractivity contribution in [1.82, 2.24) is 4.98 Å². The highest BCUT2D eigenvalue weighted by atomic mass is 28.3. The van der Waals surface area contributed by atoms with Gasteiger partial charge in [-0.05, 0) is 6.07 Å². The summed E-state index contributed by atoms with van der Waals surface area (Å²) in [4.78, 5) is 4.01. The molecule has 0 fully saturated rings. The summed E-state index contributed by atoms with van der Waals surface area (Å²) >= 11 is 0. The van der Waals surface area contributed by atoms with Gasteiger partial charge in [-0.2, -0.15) is 13.2 Å². The minimum atomic E-state index is -4.46. The SMILES string of the molecule is C[Si](C)(C)C#Cc1cnc(-c2ccccc2)c(C(F)(F)F)c1. The Labute approximate surface area is 129 Å². The van der Waals surface area contributed by atoms with Crippen molar-refractivity contribution in [2.75, 3.05) is 0 Å². The number of benzene rings is 1. The van der Waals surface area contributed by atoms with Crippen LogP contribution < -0.4 is 0 Å². The predicted octanol–water partition coefficient (Wildman–Crippen LogP) is 5.00. The highest BCUT2D eigenvalue weighted by Crippen LogP contribution is 2.36. The van der Waals surface area contributed by atoms with Crippen molar-refractivity contribution in [2.24, 2.45) is 0 Å². The Morgan fingerprint density at radius 3 is 2.23 bits per heavy atom. The molecule has 0 unspecified atom stereocenters. The van der Waals surface area contributed by atoms with E-state index in [0.717, 1.165) is 6.07 Å². The zero-order valence-corrected chi connectivity index (χ0v) is 13.6. The van der Waals surface area contributed by atoms with Crippen LogP contribution in [0.2, 0.25) is 19.6 Å². The van der Waals surface area contributed by atoms with E-state index in [2.05, 4.69) is 16.4 Å². The molecule has 2 rings (SSSR count). The molecule has 0 atom stereocenters. The first-order chi connectivity index (χ1) is 10.2. The predicted molar refractivity (Wildman–Crippen MR) is 84.9 cm³/mol.